The number of aliphatic hydroxyl groups excluding tert-OH is 2. The average molecular weight is 275 g/mol. The molecular weight excluding hydrogens is 258 g/mol. The summed E-state index contributed by atoms with van der Waals surface area (Å²) in [4.78, 5) is 23.6. The van der Waals surface area contributed by atoms with Crippen LogP contribution >= 0.6 is 0 Å². The number of esters is 1. The van der Waals surface area contributed by atoms with E-state index in [1.807, 2.05) is 0 Å². The first-order valence-electron chi connectivity index (χ1n) is 6.02. The number of hydrogen-bond acceptors (Lipinski definition) is 7. The predicted octanol–water partition coefficient (Wildman–Crippen LogP) is -2.41. The van der Waals surface area contributed by atoms with Crippen LogP contribution < -0.4 is 0 Å². The van der Waals surface area contributed by atoms with Crippen molar-refractivity contribution in [3.05, 3.63) is 0 Å². The van der Waals surface area contributed by atoms with Gasteiger partial charge in [-0.15, -0.1) is 0 Å². The molecule has 3 N–H and O–H groups in total. The van der Waals surface area contributed by atoms with Crippen molar-refractivity contribution in [2.45, 2.75) is 50.0 Å². The molecule has 2 heterocycles. The minimum absolute atomic E-state index is 0.0470. The van der Waals surface area contributed by atoms with Gasteiger partial charge in [0.05, 0.1) is 12.7 Å². The summed E-state index contributed by atoms with van der Waals surface area (Å²) in [5, 5.41) is 30.5. The standard InChI is InChI=1S/C11H17NO7/c1-3-18-10(16)6-11(17)7(14)5(2)19-8(11)9(15)12(6)4-13/h4-9,14-15,17H,3H2,1-2H3/t5-,6?,7?,8+,9?,11?/m0/s1. The van der Waals surface area contributed by atoms with Gasteiger partial charge in [0.2, 0.25) is 6.41 Å². The molecule has 0 bridgehead atoms. The molecule has 2 aliphatic rings. The Morgan fingerprint density at radius 1 is 1.53 bits per heavy atom. The summed E-state index contributed by atoms with van der Waals surface area (Å²) < 4.78 is 10.0. The molecule has 2 saturated heterocycles. The topological polar surface area (TPSA) is 117 Å². The van der Waals surface area contributed by atoms with E-state index in [2.05, 4.69) is 0 Å². The molecule has 6 atom stereocenters. The molecule has 2 fully saturated rings. The van der Waals surface area contributed by atoms with E-state index in [0.717, 1.165) is 0 Å². The molecule has 4 unspecified atom stereocenters. The molecule has 0 aromatic heterocycles. The molecule has 19 heavy (non-hydrogen) atoms. The van der Waals surface area contributed by atoms with E-state index in [4.69, 9.17) is 9.47 Å². The normalized spacial score (nSPS) is 45.1. The zero-order chi connectivity index (χ0) is 14.4. The molecule has 0 spiro atoms. The number of ether oxygens (including phenoxy) is 2. The summed E-state index contributed by atoms with van der Waals surface area (Å²) in [6.07, 6.45) is -4.72. The number of fused-ring (bicyclic) bond motifs is 1. The lowest BCUT2D eigenvalue weighted by molar-refractivity contribution is -0.166. The van der Waals surface area contributed by atoms with E-state index in [0.29, 0.717) is 4.90 Å². The summed E-state index contributed by atoms with van der Waals surface area (Å²) >= 11 is 0. The lowest BCUT2D eigenvalue weighted by Gasteiger charge is -2.31. The van der Waals surface area contributed by atoms with Crippen LogP contribution in [0.25, 0.3) is 0 Å². The zero-order valence-corrected chi connectivity index (χ0v) is 10.6. The number of aliphatic hydroxyl groups is 3. The molecule has 8 nitrogen and oxygen atoms in total. The van der Waals surface area contributed by atoms with E-state index in [1.165, 1.54) is 6.92 Å². The fourth-order valence-corrected chi connectivity index (χ4v) is 2.79. The SMILES string of the molecule is CCOC(=O)C1N(C=O)C(O)[C@H]2O[C@@H](C)C(O)C12O. The van der Waals surface area contributed by atoms with Crippen molar-refractivity contribution >= 4 is 12.4 Å². The first-order chi connectivity index (χ1) is 8.89. The molecule has 0 saturated carbocycles. The first kappa shape index (κ1) is 14.2. The number of carbonyl (C=O) groups is 2. The van der Waals surface area contributed by atoms with Gasteiger partial charge in [0.15, 0.2) is 17.9 Å². The average Bonchev–Trinajstić information content (AvgIpc) is 2.72. The Morgan fingerprint density at radius 3 is 2.68 bits per heavy atom. The third-order valence-electron chi connectivity index (χ3n) is 3.68. The summed E-state index contributed by atoms with van der Waals surface area (Å²) in [7, 11) is 0. The molecule has 108 valence electrons. The second-order valence-electron chi connectivity index (χ2n) is 4.71. The molecule has 8 heteroatoms. The number of hydrogen-bond donors (Lipinski definition) is 3. The van der Waals surface area contributed by atoms with Gasteiger partial charge in [-0.3, -0.25) is 9.69 Å². The van der Waals surface area contributed by atoms with E-state index in [9.17, 15) is 24.9 Å². The van der Waals surface area contributed by atoms with Crippen molar-refractivity contribution in [2.75, 3.05) is 6.61 Å². The van der Waals surface area contributed by atoms with Gasteiger partial charge in [0.25, 0.3) is 0 Å². The predicted molar refractivity (Wildman–Crippen MR) is 59.6 cm³/mol. The first-order valence-corrected chi connectivity index (χ1v) is 6.02. The maximum atomic E-state index is 11.9. The van der Waals surface area contributed by atoms with E-state index < -0.39 is 42.2 Å². The smallest absolute Gasteiger partial charge is 0.332 e. The summed E-state index contributed by atoms with van der Waals surface area (Å²) in [6.45, 7) is 3.12. The maximum Gasteiger partial charge on any atom is 0.332 e. The Balaban J connectivity index is 2.41. The van der Waals surface area contributed by atoms with Crippen LogP contribution in [0.1, 0.15) is 13.8 Å². The number of rotatable bonds is 3. The molecular formula is C11H17NO7. The van der Waals surface area contributed by atoms with Crippen LogP contribution in [0.2, 0.25) is 0 Å². The van der Waals surface area contributed by atoms with Gasteiger partial charge in [-0.1, -0.05) is 0 Å². The molecule has 0 radical (unpaired) electrons. The van der Waals surface area contributed by atoms with Crippen LogP contribution in [0.4, 0.5) is 0 Å². The molecule has 0 aliphatic carbocycles. The molecule has 0 aromatic carbocycles. The quantitative estimate of drug-likeness (QED) is 0.388. The van der Waals surface area contributed by atoms with Crippen molar-refractivity contribution in [3.63, 3.8) is 0 Å². The van der Waals surface area contributed by atoms with Crippen molar-refractivity contribution in [3.8, 4) is 0 Å². The van der Waals surface area contributed by atoms with Crippen LogP contribution in [0.5, 0.6) is 0 Å². The van der Waals surface area contributed by atoms with Crippen molar-refractivity contribution in [1.82, 2.24) is 4.90 Å². The number of carbonyl (C=O) groups excluding carboxylic acids is 2. The van der Waals surface area contributed by atoms with Crippen LogP contribution in [0.3, 0.4) is 0 Å². The number of likely N-dealkylation sites (tertiary alicyclic amines) is 1. The minimum Gasteiger partial charge on any atom is -0.464 e. The Labute approximate surface area is 109 Å². The van der Waals surface area contributed by atoms with Crippen molar-refractivity contribution in [1.29, 1.82) is 0 Å². The Kier molecular flexibility index (Phi) is 3.52. The summed E-state index contributed by atoms with van der Waals surface area (Å²) in [5.74, 6) is -0.893. The van der Waals surface area contributed by atoms with Gasteiger partial charge in [-0.2, -0.15) is 0 Å². The Morgan fingerprint density at radius 2 is 2.16 bits per heavy atom. The van der Waals surface area contributed by atoms with Crippen LogP contribution in [0.15, 0.2) is 0 Å². The molecule has 2 aliphatic heterocycles. The van der Waals surface area contributed by atoms with Crippen LogP contribution in [-0.2, 0) is 19.1 Å². The van der Waals surface area contributed by atoms with E-state index in [-0.39, 0.29) is 13.0 Å². The van der Waals surface area contributed by atoms with Gasteiger partial charge >= 0.3 is 5.97 Å². The fourth-order valence-electron chi connectivity index (χ4n) is 2.79. The van der Waals surface area contributed by atoms with Gasteiger partial charge < -0.3 is 24.8 Å². The Hall–Kier alpha value is -1.22. The van der Waals surface area contributed by atoms with E-state index >= 15 is 0 Å². The van der Waals surface area contributed by atoms with E-state index in [1.54, 1.807) is 6.92 Å². The lowest BCUT2D eigenvalue weighted by Crippen LogP contribution is -2.59. The summed E-state index contributed by atoms with van der Waals surface area (Å²) in [5.41, 5.74) is -2.08. The second-order valence-corrected chi connectivity index (χ2v) is 4.71. The summed E-state index contributed by atoms with van der Waals surface area (Å²) in [6, 6.07) is -1.50. The highest BCUT2D eigenvalue weighted by atomic mass is 16.6. The van der Waals surface area contributed by atoms with Crippen molar-refractivity contribution < 1.29 is 34.4 Å². The lowest BCUT2D eigenvalue weighted by atomic mass is 9.86. The van der Waals surface area contributed by atoms with Gasteiger partial charge in [0.1, 0.15) is 12.2 Å². The highest BCUT2D eigenvalue weighted by Gasteiger charge is 2.70. The highest BCUT2D eigenvalue weighted by Crippen LogP contribution is 2.44. The fraction of sp³-hybridized carbons (Fsp3) is 0.818. The van der Waals surface area contributed by atoms with Crippen LogP contribution in [0, 0.1) is 0 Å². The van der Waals surface area contributed by atoms with Gasteiger partial charge in [-0.25, -0.2) is 4.79 Å². The van der Waals surface area contributed by atoms with Crippen molar-refractivity contribution in [2.24, 2.45) is 0 Å². The third-order valence-corrected chi connectivity index (χ3v) is 3.68. The number of nitrogens with zero attached hydrogens (tertiary/aromatic N) is 1. The third kappa shape index (κ3) is 1.75. The second kappa shape index (κ2) is 4.71. The van der Waals surface area contributed by atoms with Crippen LogP contribution in [-0.4, -0.2) is 75.4 Å². The monoisotopic (exact) mass is 275 g/mol. The zero-order valence-electron chi connectivity index (χ0n) is 10.6. The van der Waals surface area contributed by atoms with Gasteiger partial charge in [0, 0.05) is 0 Å². The largest absolute Gasteiger partial charge is 0.464 e. The molecule has 2 rings (SSSR count). The molecule has 1 amide bonds. The maximum absolute atomic E-state index is 11.9. The number of amides is 1. The molecule has 0 aromatic rings. The van der Waals surface area contributed by atoms with Gasteiger partial charge in [-0.05, 0) is 13.8 Å². The Bertz CT molecular complexity index is 389. The highest BCUT2D eigenvalue weighted by molar-refractivity contribution is 5.81. The minimum atomic E-state index is -2.08.